The minimum atomic E-state index is 0.154. The third-order valence-corrected chi connectivity index (χ3v) is 12.0. The van der Waals surface area contributed by atoms with Gasteiger partial charge in [0.15, 0.2) is 0 Å². The van der Waals surface area contributed by atoms with E-state index in [0.717, 1.165) is 29.1 Å². The smallest absolute Gasteiger partial charge is 0.0711 e. The van der Waals surface area contributed by atoms with Crippen LogP contribution in [0.25, 0.3) is 82.2 Å². The molecule has 1 aliphatic heterocycles. The molecule has 58 heavy (non-hydrogen) atoms. The molecular weight excluding hydrogens is 701 g/mol. The fourth-order valence-electron chi connectivity index (χ4n) is 9.01. The Bertz CT molecular complexity index is 3300. The van der Waals surface area contributed by atoms with Gasteiger partial charge in [-0.25, -0.2) is 0 Å². The van der Waals surface area contributed by atoms with Gasteiger partial charge < -0.3 is 4.57 Å². The lowest BCUT2D eigenvalue weighted by Crippen LogP contribution is -2.13. The van der Waals surface area contributed by atoms with Crippen LogP contribution in [0.2, 0.25) is 0 Å². The van der Waals surface area contributed by atoms with Crippen molar-refractivity contribution in [3.63, 3.8) is 0 Å². The quantitative estimate of drug-likeness (QED) is 0.162. The predicted molar refractivity (Wildman–Crippen MR) is 248 cm³/mol. The zero-order chi connectivity index (χ0) is 38.6. The first-order chi connectivity index (χ1) is 28.7. The molecule has 0 fully saturated rings. The van der Waals surface area contributed by atoms with Crippen molar-refractivity contribution in [1.82, 2.24) is 4.57 Å². The lowest BCUT2D eigenvalue weighted by molar-refractivity contribution is 0.819. The zero-order valence-corrected chi connectivity index (χ0v) is 32.3. The van der Waals surface area contributed by atoms with Crippen LogP contribution >= 0.6 is 0 Å². The number of allylic oxidation sites excluding steroid dienone is 3. The number of aromatic nitrogens is 1. The summed E-state index contributed by atoms with van der Waals surface area (Å²) in [6.45, 7) is 2.27. The molecule has 1 aromatic heterocycles. The monoisotopic (exact) mass is 740 g/mol. The zero-order valence-electron chi connectivity index (χ0n) is 32.3. The second kappa shape index (κ2) is 14.0. The number of aliphatic imine (C=N–C) groups is 1. The lowest BCUT2D eigenvalue weighted by Gasteiger charge is -2.16. The number of para-hydroxylation sites is 1. The topological polar surface area (TPSA) is 17.3 Å². The highest BCUT2D eigenvalue weighted by molar-refractivity contribution is 6.18. The van der Waals surface area contributed by atoms with Gasteiger partial charge in [-0.2, -0.15) is 0 Å². The molecule has 2 heteroatoms. The highest BCUT2D eigenvalue weighted by Crippen LogP contribution is 2.38. The van der Waals surface area contributed by atoms with Gasteiger partial charge in [-0.15, -0.1) is 0 Å². The minimum absolute atomic E-state index is 0.154. The Balaban J connectivity index is 0.989. The van der Waals surface area contributed by atoms with Gasteiger partial charge in [0.1, 0.15) is 0 Å². The molecule has 0 saturated carbocycles. The third-order valence-electron chi connectivity index (χ3n) is 12.0. The van der Waals surface area contributed by atoms with E-state index in [9.17, 15) is 0 Å². The number of rotatable bonds is 6. The minimum Gasteiger partial charge on any atom is -0.309 e. The maximum absolute atomic E-state index is 5.55. The summed E-state index contributed by atoms with van der Waals surface area (Å²) < 4.78 is 2.42. The molecular formula is C56H40N2. The standard InChI is InChI=1S/C56H40N2/c1-2-37-33-48(46-25-21-38-11-3-5-14-44(38)34-46)36-53(57-55(37)47-26-22-39-12-4-6-15-45(39)35-47)43-23-19-40(20-24-43)41-27-30-49(31-28-41)58-54-18-10-9-17-51(54)52-32-29-42-13-7-8-16-50(42)56(52)58/h3-37H,2H2,1H3/t37-/m0/s1. The molecule has 0 aliphatic carbocycles. The Morgan fingerprint density at radius 2 is 0.983 bits per heavy atom. The van der Waals surface area contributed by atoms with Crippen LogP contribution in [0.15, 0.2) is 211 Å². The predicted octanol–water partition coefficient (Wildman–Crippen LogP) is 14.9. The van der Waals surface area contributed by atoms with Crippen molar-refractivity contribution < 1.29 is 0 Å². The first-order valence-electron chi connectivity index (χ1n) is 20.3. The fourth-order valence-corrected chi connectivity index (χ4v) is 9.01. The molecule has 1 aliphatic rings. The van der Waals surface area contributed by atoms with Crippen molar-refractivity contribution in [1.29, 1.82) is 0 Å². The van der Waals surface area contributed by atoms with Crippen molar-refractivity contribution in [3.05, 3.63) is 223 Å². The van der Waals surface area contributed by atoms with Crippen LogP contribution in [-0.2, 0) is 0 Å². The summed E-state index contributed by atoms with van der Waals surface area (Å²) in [6, 6.07) is 70.7. The van der Waals surface area contributed by atoms with E-state index in [0.29, 0.717) is 0 Å². The number of hydrogen-bond acceptors (Lipinski definition) is 1. The molecule has 0 N–H and O–H groups in total. The number of hydrogen-bond donors (Lipinski definition) is 0. The molecule has 0 saturated heterocycles. The molecule has 9 aromatic carbocycles. The highest BCUT2D eigenvalue weighted by Gasteiger charge is 2.21. The Hall–Kier alpha value is -7.29. The molecule has 11 rings (SSSR count). The SMILES string of the molecule is CC[C@H]1C=C(c2ccc3ccccc3c2)C=C(c2ccc(-c3ccc(-n4c5ccccc5c5ccc6ccccc6c54)cc3)cc2)N=C1c1ccc2ccccc2c1. The summed E-state index contributed by atoms with van der Waals surface area (Å²) in [6.07, 6.45) is 5.67. The number of benzene rings is 9. The van der Waals surface area contributed by atoms with Gasteiger partial charge in [0.2, 0.25) is 0 Å². The number of fused-ring (bicyclic) bond motifs is 7. The third kappa shape index (κ3) is 5.85. The average Bonchev–Trinajstić information content (AvgIpc) is 3.50. The van der Waals surface area contributed by atoms with Crippen molar-refractivity contribution >= 4 is 71.1 Å². The van der Waals surface area contributed by atoms with Crippen LogP contribution in [0.4, 0.5) is 0 Å². The molecule has 2 heterocycles. The normalized spacial score (nSPS) is 14.5. The molecule has 0 radical (unpaired) electrons. The summed E-state index contributed by atoms with van der Waals surface area (Å²) in [4.78, 5) is 5.55. The van der Waals surface area contributed by atoms with Crippen molar-refractivity contribution in [2.24, 2.45) is 10.9 Å². The van der Waals surface area contributed by atoms with Gasteiger partial charge in [-0.3, -0.25) is 4.99 Å². The first-order valence-corrected chi connectivity index (χ1v) is 20.3. The summed E-state index contributed by atoms with van der Waals surface area (Å²) in [7, 11) is 0. The van der Waals surface area contributed by atoms with E-state index in [1.165, 1.54) is 82.0 Å². The summed E-state index contributed by atoms with van der Waals surface area (Å²) in [5.41, 5.74) is 12.7. The lowest BCUT2D eigenvalue weighted by atomic mass is 9.90. The molecule has 1 atom stereocenters. The van der Waals surface area contributed by atoms with E-state index in [-0.39, 0.29) is 5.92 Å². The Kier molecular flexibility index (Phi) is 8.22. The van der Waals surface area contributed by atoms with Gasteiger partial charge in [0.05, 0.1) is 22.4 Å². The van der Waals surface area contributed by atoms with Crippen LogP contribution in [0.1, 0.15) is 30.0 Å². The molecule has 0 unspecified atom stereocenters. The largest absolute Gasteiger partial charge is 0.309 e. The van der Waals surface area contributed by atoms with Crippen LogP contribution in [0, 0.1) is 5.92 Å². The maximum atomic E-state index is 5.55. The summed E-state index contributed by atoms with van der Waals surface area (Å²) >= 11 is 0. The average molecular weight is 741 g/mol. The van der Waals surface area contributed by atoms with Crippen LogP contribution in [0.3, 0.4) is 0 Å². The van der Waals surface area contributed by atoms with Gasteiger partial charge in [-0.05, 0) is 97.6 Å². The van der Waals surface area contributed by atoms with E-state index in [2.05, 4.69) is 218 Å². The fraction of sp³-hybridized carbons (Fsp3) is 0.0536. The molecule has 10 aromatic rings. The molecule has 2 nitrogen and oxygen atoms in total. The second-order valence-electron chi connectivity index (χ2n) is 15.4. The molecule has 0 amide bonds. The Morgan fingerprint density at radius 1 is 0.448 bits per heavy atom. The van der Waals surface area contributed by atoms with Crippen molar-refractivity contribution in [3.8, 4) is 16.8 Å². The van der Waals surface area contributed by atoms with E-state index >= 15 is 0 Å². The van der Waals surface area contributed by atoms with Gasteiger partial charge in [0, 0.05) is 33.3 Å². The summed E-state index contributed by atoms with van der Waals surface area (Å²) in [5, 5.41) is 10.0. The Labute approximate surface area is 338 Å². The van der Waals surface area contributed by atoms with Crippen molar-refractivity contribution in [2.75, 3.05) is 0 Å². The molecule has 274 valence electrons. The van der Waals surface area contributed by atoms with E-state index in [4.69, 9.17) is 4.99 Å². The second-order valence-corrected chi connectivity index (χ2v) is 15.4. The Morgan fingerprint density at radius 3 is 1.69 bits per heavy atom. The van der Waals surface area contributed by atoms with E-state index in [1.54, 1.807) is 0 Å². The van der Waals surface area contributed by atoms with E-state index < -0.39 is 0 Å². The molecule has 0 bridgehead atoms. The number of nitrogens with zero attached hydrogens (tertiary/aromatic N) is 2. The van der Waals surface area contributed by atoms with Gasteiger partial charge >= 0.3 is 0 Å². The van der Waals surface area contributed by atoms with Crippen LogP contribution in [-0.4, -0.2) is 10.3 Å². The first kappa shape index (κ1) is 34.0. The van der Waals surface area contributed by atoms with Crippen LogP contribution < -0.4 is 0 Å². The van der Waals surface area contributed by atoms with Crippen molar-refractivity contribution in [2.45, 2.75) is 13.3 Å². The van der Waals surface area contributed by atoms with E-state index in [1.807, 2.05) is 0 Å². The summed E-state index contributed by atoms with van der Waals surface area (Å²) in [5.74, 6) is 0.154. The van der Waals surface area contributed by atoms with Crippen LogP contribution in [0.5, 0.6) is 0 Å². The highest BCUT2D eigenvalue weighted by atomic mass is 15.0. The van der Waals surface area contributed by atoms with Gasteiger partial charge in [-0.1, -0.05) is 177 Å². The van der Waals surface area contributed by atoms with Gasteiger partial charge in [0.25, 0.3) is 0 Å². The maximum Gasteiger partial charge on any atom is 0.0711 e. The molecule has 0 spiro atoms.